The summed E-state index contributed by atoms with van der Waals surface area (Å²) in [4.78, 5) is 5.02. The second kappa shape index (κ2) is 11.9. The third kappa shape index (κ3) is 6.86. The molecular formula is C25H36N2O4. The van der Waals surface area contributed by atoms with E-state index >= 15 is 0 Å². The van der Waals surface area contributed by atoms with Crippen molar-refractivity contribution in [1.29, 1.82) is 0 Å². The van der Waals surface area contributed by atoms with E-state index in [9.17, 15) is 0 Å². The molecule has 0 bridgehead atoms. The van der Waals surface area contributed by atoms with Crippen molar-refractivity contribution in [3.05, 3.63) is 53.6 Å². The van der Waals surface area contributed by atoms with Gasteiger partial charge in [0.25, 0.3) is 0 Å². The largest absolute Gasteiger partial charge is 0.493 e. The van der Waals surface area contributed by atoms with Crippen molar-refractivity contribution < 1.29 is 19.3 Å². The Balaban J connectivity index is 1.52. The van der Waals surface area contributed by atoms with E-state index in [0.29, 0.717) is 12.6 Å². The quantitative estimate of drug-likeness (QED) is 0.593. The Labute approximate surface area is 186 Å². The van der Waals surface area contributed by atoms with Crippen molar-refractivity contribution in [2.24, 2.45) is 0 Å². The van der Waals surface area contributed by atoms with Gasteiger partial charge in [0, 0.05) is 25.7 Å². The number of likely N-dealkylation sites (tertiary alicyclic amines) is 1. The maximum atomic E-state index is 8.96. The molecule has 1 aliphatic heterocycles. The Kier molecular flexibility index (Phi) is 9.00. The number of methoxy groups -OCH3 is 2. The Bertz CT molecular complexity index is 814. The number of likely N-dealkylation sites (N-methyl/N-ethyl adjacent to an activating group) is 1. The van der Waals surface area contributed by atoms with Gasteiger partial charge in [-0.15, -0.1) is 0 Å². The molecule has 0 aromatic heterocycles. The van der Waals surface area contributed by atoms with Crippen LogP contribution in [-0.4, -0.2) is 75.1 Å². The minimum atomic E-state index is 0.0354. The maximum Gasteiger partial charge on any atom is 0.160 e. The van der Waals surface area contributed by atoms with Crippen molar-refractivity contribution in [1.82, 2.24) is 9.80 Å². The Hall–Kier alpha value is -2.28. The standard InChI is InChI=1S/C25H36N2O4/c1-26(13-11-20-9-10-24(29-2)25(17-20)30-3)22-7-5-12-27(19-22)18-21-6-4-8-23(16-21)31-15-14-28/h4,6,8-10,16-17,22,28H,5,7,11-15,18-19H2,1-3H3. The van der Waals surface area contributed by atoms with Gasteiger partial charge in [-0.05, 0) is 68.2 Å². The highest BCUT2D eigenvalue weighted by molar-refractivity contribution is 5.43. The molecule has 0 aliphatic carbocycles. The minimum absolute atomic E-state index is 0.0354. The van der Waals surface area contributed by atoms with Crippen LogP contribution in [0.1, 0.15) is 24.0 Å². The fourth-order valence-electron chi connectivity index (χ4n) is 4.21. The first-order chi connectivity index (χ1) is 15.1. The number of piperidine rings is 1. The van der Waals surface area contributed by atoms with Crippen LogP contribution >= 0.6 is 0 Å². The Morgan fingerprint density at radius 1 is 1.06 bits per heavy atom. The smallest absolute Gasteiger partial charge is 0.160 e. The number of hydrogen-bond acceptors (Lipinski definition) is 6. The fourth-order valence-corrected chi connectivity index (χ4v) is 4.21. The lowest BCUT2D eigenvalue weighted by Crippen LogP contribution is -2.46. The van der Waals surface area contributed by atoms with Crippen molar-refractivity contribution in [3.8, 4) is 17.2 Å². The number of ether oxygens (including phenoxy) is 3. The summed E-state index contributed by atoms with van der Waals surface area (Å²) in [6.45, 7) is 4.51. The molecule has 1 unspecified atom stereocenters. The number of aliphatic hydroxyl groups is 1. The average molecular weight is 429 g/mol. The lowest BCUT2D eigenvalue weighted by atomic mass is 10.0. The molecule has 6 heteroatoms. The highest BCUT2D eigenvalue weighted by Crippen LogP contribution is 2.28. The van der Waals surface area contributed by atoms with Crippen LogP contribution in [0.2, 0.25) is 0 Å². The van der Waals surface area contributed by atoms with Gasteiger partial charge in [0.1, 0.15) is 12.4 Å². The second-order valence-electron chi connectivity index (χ2n) is 8.17. The average Bonchev–Trinajstić information content (AvgIpc) is 2.81. The van der Waals surface area contributed by atoms with Gasteiger partial charge in [0.05, 0.1) is 20.8 Å². The summed E-state index contributed by atoms with van der Waals surface area (Å²) in [6.07, 6.45) is 3.43. The van der Waals surface area contributed by atoms with Gasteiger partial charge in [-0.3, -0.25) is 4.90 Å². The highest BCUT2D eigenvalue weighted by Gasteiger charge is 2.23. The van der Waals surface area contributed by atoms with Crippen LogP contribution in [-0.2, 0) is 13.0 Å². The van der Waals surface area contributed by atoms with E-state index in [4.69, 9.17) is 19.3 Å². The molecule has 1 heterocycles. The van der Waals surface area contributed by atoms with E-state index in [1.165, 1.54) is 24.0 Å². The molecule has 1 atom stereocenters. The third-order valence-corrected chi connectivity index (χ3v) is 5.97. The van der Waals surface area contributed by atoms with Gasteiger partial charge in [-0.2, -0.15) is 0 Å². The number of aliphatic hydroxyl groups excluding tert-OH is 1. The summed E-state index contributed by atoms with van der Waals surface area (Å²) in [6, 6.07) is 14.9. The zero-order chi connectivity index (χ0) is 22.1. The van der Waals surface area contributed by atoms with Crippen LogP contribution in [0, 0.1) is 0 Å². The van der Waals surface area contributed by atoms with Gasteiger partial charge in [0.2, 0.25) is 0 Å². The molecule has 31 heavy (non-hydrogen) atoms. The zero-order valence-corrected chi connectivity index (χ0v) is 19.0. The summed E-state index contributed by atoms with van der Waals surface area (Å²) in [7, 11) is 5.58. The second-order valence-corrected chi connectivity index (χ2v) is 8.17. The molecule has 170 valence electrons. The highest BCUT2D eigenvalue weighted by atomic mass is 16.5. The fraction of sp³-hybridized carbons (Fsp3) is 0.520. The molecule has 0 radical (unpaired) electrons. The number of rotatable bonds is 11. The monoisotopic (exact) mass is 428 g/mol. The molecule has 1 aliphatic rings. The van der Waals surface area contributed by atoms with Gasteiger partial charge in [-0.1, -0.05) is 18.2 Å². The van der Waals surface area contributed by atoms with E-state index in [0.717, 1.165) is 49.8 Å². The summed E-state index contributed by atoms with van der Waals surface area (Å²) in [5.41, 5.74) is 2.51. The van der Waals surface area contributed by atoms with E-state index in [-0.39, 0.29) is 6.61 Å². The van der Waals surface area contributed by atoms with Crippen LogP contribution in [0.3, 0.4) is 0 Å². The predicted octanol–water partition coefficient (Wildman–Crippen LogP) is 3.21. The topological polar surface area (TPSA) is 54.4 Å². The molecule has 1 N–H and O–H groups in total. The molecule has 3 rings (SSSR count). The molecule has 2 aromatic carbocycles. The van der Waals surface area contributed by atoms with Gasteiger partial charge in [0.15, 0.2) is 11.5 Å². The molecular weight excluding hydrogens is 392 g/mol. The minimum Gasteiger partial charge on any atom is -0.493 e. The van der Waals surface area contributed by atoms with Crippen LogP contribution in [0.15, 0.2) is 42.5 Å². The van der Waals surface area contributed by atoms with E-state index in [2.05, 4.69) is 41.1 Å². The molecule has 1 saturated heterocycles. The normalized spacial score (nSPS) is 17.0. The molecule has 2 aromatic rings. The van der Waals surface area contributed by atoms with Crippen molar-refractivity contribution in [2.45, 2.75) is 31.8 Å². The summed E-state index contributed by atoms with van der Waals surface area (Å²) < 4.78 is 16.3. The van der Waals surface area contributed by atoms with Gasteiger partial charge < -0.3 is 24.2 Å². The lowest BCUT2D eigenvalue weighted by molar-refractivity contribution is 0.112. The number of benzene rings is 2. The summed E-state index contributed by atoms with van der Waals surface area (Å²) >= 11 is 0. The molecule has 0 saturated carbocycles. The summed E-state index contributed by atoms with van der Waals surface area (Å²) in [5, 5.41) is 8.96. The maximum absolute atomic E-state index is 8.96. The first-order valence-electron chi connectivity index (χ1n) is 11.1. The zero-order valence-electron chi connectivity index (χ0n) is 19.0. The van der Waals surface area contributed by atoms with E-state index in [1.807, 2.05) is 18.2 Å². The van der Waals surface area contributed by atoms with Crippen LogP contribution < -0.4 is 14.2 Å². The van der Waals surface area contributed by atoms with Crippen LogP contribution in [0.4, 0.5) is 0 Å². The first kappa shape index (κ1) is 23.4. The van der Waals surface area contributed by atoms with E-state index in [1.54, 1.807) is 14.2 Å². The third-order valence-electron chi connectivity index (χ3n) is 5.97. The number of nitrogens with zero attached hydrogens (tertiary/aromatic N) is 2. The Morgan fingerprint density at radius 2 is 1.90 bits per heavy atom. The predicted molar refractivity (Wildman–Crippen MR) is 123 cm³/mol. The van der Waals surface area contributed by atoms with Gasteiger partial charge >= 0.3 is 0 Å². The molecule has 6 nitrogen and oxygen atoms in total. The van der Waals surface area contributed by atoms with Crippen LogP contribution in [0.25, 0.3) is 0 Å². The molecule has 1 fully saturated rings. The van der Waals surface area contributed by atoms with Gasteiger partial charge in [-0.25, -0.2) is 0 Å². The van der Waals surface area contributed by atoms with Crippen LogP contribution in [0.5, 0.6) is 17.2 Å². The molecule has 0 amide bonds. The van der Waals surface area contributed by atoms with Crippen molar-refractivity contribution in [2.75, 3.05) is 54.1 Å². The Morgan fingerprint density at radius 3 is 2.68 bits per heavy atom. The molecule has 0 spiro atoms. The van der Waals surface area contributed by atoms with E-state index < -0.39 is 0 Å². The lowest BCUT2D eigenvalue weighted by Gasteiger charge is -2.37. The first-order valence-corrected chi connectivity index (χ1v) is 11.1. The summed E-state index contributed by atoms with van der Waals surface area (Å²) in [5.74, 6) is 2.39. The number of hydrogen-bond donors (Lipinski definition) is 1. The van der Waals surface area contributed by atoms with Crippen molar-refractivity contribution >= 4 is 0 Å². The SMILES string of the molecule is COc1ccc(CCN(C)C2CCCN(Cc3cccc(OCCO)c3)C2)cc1OC. The van der Waals surface area contributed by atoms with Crippen molar-refractivity contribution in [3.63, 3.8) is 0 Å².